The summed E-state index contributed by atoms with van der Waals surface area (Å²) in [6, 6.07) is 6.02. The molecule has 0 saturated heterocycles. The lowest BCUT2D eigenvalue weighted by Crippen LogP contribution is -1.98. The van der Waals surface area contributed by atoms with Gasteiger partial charge in [0.05, 0.1) is 13.2 Å². The van der Waals surface area contributed by atoms with Crippen LogP contribution in [-0.4, -0.2) is 6.61 Å². The highest BCUT2D eigenvalue weighted by Crippen LogP contribution is 2.25. The Morgan fingerprint density at radius 2 is 2.42 bits per heavy atom. The third-order valence-electron chi connectivity index (χ3n) is 2.00. The lowest BCUT2D eigenvalue weighted by molar-refractivity contribution is 0.124. The molecule has 2 rings (SSSR count). The normalized spacial score (nSPS) is 14.1. The summed E-state index contributed by atoms with van der Waals surface area (Å²) in [4.78, 5) is 4.55. The molecule has 2 N–H and O–H groups in total. The molecular weight excluding hydrogens is 154 g/mol. The van der Waals surface area contributed by atoms with E-state index in [1.165, 1.54) is 5.56 Å². The Morgan fingerprint density at radius 1 is 1.50 bits per heavy atom. The summed E-state index contributed by atoms with van der Waals surface area (Å²) in [5, 5.41) is 0. The van der Waals surface area contributed by atoms with Gasteiger partial charge in [-0.1, -0.05) is 6.07 Å². The van der Waals surface area contributed by atoms with E-state index in [1.54, 1.807) is 0 Å². The van der Waals surface area contributed by atoms with Gasteiger partial charge in [-0.05, 0) is 23.3 Å². The predicted octanol–water partition coefficient (Wildman–Crippen LogP) is 1.01. The minimum atomic E-state index is 0.466. The topological polar surface area (TPSA) is 44.5 Å². The lowest BCUT2D eigenvalue weighted by Gasteiger charge is -2.01. The molecule has 64 valence electrons. The van der Waals surface area contributed by atoms with E-state index < -0.39 is 0 Å². The van der Waals surface area contributed by atoms with E-state index in [2.05, 4.69) is 10.9 Å². The number of ether oxygens (including phenoxy) is 1. The van der Waals surface area contributed by atoms with Crippen LogP contribution in [0.2, 0.25) is 0 Å². The van der Waals surface area contributed by atoms with Crippen LogP contribution < -0.4 is 10.6 Å². The Kier molecular flexibility index (Phi) is 1.98. The molecule has 1 aromatic carbocycles. The highest BCUT2D eigenvalue weighted by molar-refractivity contribution is 5.39. The molecule has 0 spiro atoms. The highest BCUT2D eigenvalue weighted by Gasteiger charge is 2.11. The number of nitrogens with two attached hydrogens (primary N) is 1. The van der Waals surface area contributed by atoms with Crippen LogP contribution in [-0.2, 0) is 17.9 Å². The van der Waals surface area contributed by atoms with Crippen LogP contribution in [0.3, 0.4) is 0 Å². The minimum absolute atomic E-state index is 0.466. The van der Waals surface area contributed by atoms with Crippen LogP contribution in [0.15, 0.2) is 18.2 Å². The standard InChI is InChI=1S/C9H11NO2/c10-12-6-7-1-2-9-8(5-7)3-4-11-9/h1-2,5H,3-4,6,10H2. The maximum absolute atomic E-state index is 5.36. The molecule has 3 heteroatoms. The van der Waals surface area contributed by atoms with Gasteiger partial charge in [-0.2, -0.15) is 0 Å². The van der Waals surface area contributed by atoms with Gasteiger partial charge in [0.2, 0.25) is 0 Å². The third kappa shape index (κ3) is 1.29. The van der Waals surface area contributed by atoms with Crippen LogP contribution in [0.25, 0.3) is 0 Å². The van der Waals surface area contributed by atoms with Gasteiger partial charge in [0.15, 0.2) is 0 Å². The van der Waals surface area contributed by atoms with E-state index >= 15 is 0 Å². The van der Waals surface area contributed by atoms with Crippen molar-refractivity contribution in [3.63, 3.8) is 0 Å². The second-order valence-corrected chi connectivity index (χ2v) is 2.85. The van der Waals surface area contributed by atoms with Crippen LogP contribution in [0.1, 0.15) is 11.1 Å². The van der Waals surface area contributed by atoms with Crippen molar-refractivity contribution in [3.05, 3.63) is 29.3 Å². The molecule has 0 aliphatic carbocycles. The molecule has 1 aliphatic heterocycles. The van der Waals surface area contributed by atoms with E-state index in [9.17, 15) is 0 Å². The first-order valence-corrected chi connectivity index (χ1v) is 3.96. The summed E-state index contributed by atoms with van der Waals surface area (Å²) < 4.78 is 5.36. The van der Waals surface area contributed by atoms with Crippen LogP contribution in [0.5, 0.6) is 5.75 Å². The fourth-order valence-electron chi connectivity index (χ4n) is 1.43. The Hall–Kier alpha value is -1.06. The van der Waals surface area contributed by atoms with E-state index in [0.717, 1.165) is 24.3 Å². The van der Waals surface area contributed by atoms with Crippen LogP contribution in [0, 0.1) is 0 Å². The number of fused-ring (bicyclic) bond motifs is 1. The van der Waals surface area contributed by atoms with Crippen molar-refractivity contribution in [2.45, 2.75) is 13.0 Å². The van der Waals surface area contributed by atoms with Gasteiger partial charge in [-0.3, -0.25) is 4.84 Å². The van der Waals surface area contributed by atoms with Crippen molar-refractivity contribution in [1.82, 2.24) is 0 Å². The monoisotopic (exact) mass is 165 g/mol. The summed E-state index contributed by atoms with van der Waals surface area (Å²) in [7, 11) is 0. The van der Waals surface area contributed by atoms with Crippen molar-refractivity contribution in [2.75, 3.05) is 6.61 Å². The molecule has 1 aromatic rings. The first-order chi connectivity index (χ1) is 5.90. The number of hydrogen-bond acceptors (Lipinski definition) is 3. The third-order valence-corrected chi connectivity index (χ3v) is 2.00. The maximum Gasteiger partial charge on any atom is 0.122 e. The Labute approximate surface area is 71.0 Å². The van der Waals surface area contributed by atoms with Gasteiger partial charge in [0, 0.05) is 6.42 Å². The van der Waals surface area contributed by atoms with Crippen molar-refractivity contribution >= 4 is 0 Å². The fraction of sp³-hybridized carbons (Fsp3) is 0.333. The molecule has 1 heterocycles. The summed E-state index contributed by atoms with van der Waals surface area (Å²) in [5.41, 5.74) is 2.35. The van der Waals surface area contributed by atoms with E-state index in [1.807, 2.05) is 12.1 Å². The lowest BCUT2D eigenvalue weighted by atomic mass is 10.1. The summed E-state index contributed by atoms with van der Waals surface area (Å²) >= 11 is 0. The number of rotatable bonds is 2. The van der Waals surface area contributed by atoms with Crippen LogP contribution >= 0.6 is 0 Å². The molecule has 0 unspecified atom stereocenters. The molecular formula is C9H11NO2. The predicted molar refractivity (Wildman–Crippen MR) is 44.6 cm³/mol. The number of hydrogen-bond donors (Lipinski definition) is 1. The summed E-state index contributed by atoms with van der Waals surface area (Å²) in [6.45, 7) is 1.26. The first-order valence-electron chi connectivity index (χ1n) is 3.96. The van der Waals surface area contributed by atoms with Gasteiger partial charge < -0.3 is 4.74 Å². The zero-order chi connectivity index (χ0) is 8.39. The number of benzene rings is 1. The average Bonchev–Trinajstić information content (AvgIpc) is 2.51. The molecule has 1 aliphatic rings. The molecule has 0 radical (unpaired) electrons. The van der Waals surface area contributed by atoms with E-state index in [4.69, 9.17) is 10.6 Å². The Morgan fingerprint density at radius 3 is 3.25 bits per heavy atom. The zero-order valence-electron chi connectivity index (χ0n) is 6.75. The molecule has 0 amide bonds. The molecule has 12 heavy (non-hydrogen) atoms. The summed E-state index contributed by atoms with van der Waals surface area (Å²) in [5.74, 6) is 5.97. The average molecular weight is 165 g/mol. The van der Waals surface area contributed by atoms with Gasteiger partial charge in [0.1, 0.15) is 5.75 Å². The molecule has 3 nitrogen and oxygen atoms in total. The quantitative estimate of drug-likeness (QED) is 0.665. The highest BCUT2D eigenvalue weighted by atomic mass is 16.6. The van der Waals surface area contributed by atoms with Gasteiger partial charge in [0.25, 0.3) is 0 Å². The molecule has 0 saturated carbocycles. The molecule has 0 atom stereocenters. The van der Waals surface area contributed by atoms with E-state index in [0.29, 0.717) is 6.61 Å². The Bertz CT molecular complexity index is 286. The van der Waals surface area contributed by atoms with Crippen LogP contribution in [0.4, 0.5) is 0 Å². The second-order valence-electron chi connectivity index (χ2n) is 2.85. The van der Waals surface area contributed by atoms with Crippen molar-refractivity contribution in [3.8, 4) is 5.75 Å². The molecule has 0 aromatic heterocycles. The van der Waals surface area contributed by atoms with Crippen molar-refractivity contribution in [1.29, 1.82) is 0 Å². The Balaban J connectivity index is 2.26. The molecule has 0 bridgehead atoms. The second kappa shape index (κ2) is 3.13. The smallest absolute Gasteiger partial charge is 0.122 e. The van der Waals surface area contributed by atoms with Gasteiger partial charge in [-0.15, -0.1) is 0 Å². The summed E-state index contributed by atoms with van der Waals surface area (Å²) in [6.07, 6.45) is 0.994. The van der Waals surface area contributed by atoms with Gasteiger partial charge >= 0.3 is 0 Å². The molecule has 0 fully saturated rings. The SMILES string of the molecule is NOCc1ccc2c(c1)CCO2. The van der Waals surface area contributed by atoms with E-state index in [-0.39, 0.29) is 0 Å². The van der Waals surface area contributed by atoms with Crippen molar-refractivity contribution < 1.29 is 9.57 Å². The largest absolute Gasteiger partial charge is 0.493 e. The maximum atomic E-state index is 5.36. The van der Waals surface area contributed by atoms with Gasteiger partial charge in [-0.25, -0.2) is 5.90 Å². The minimum Gasteiger partial charge on any atom is -0.493 e. The first kappa shape index (κ1) is 7.58. The fourth-order valence-corrected chi connectivity index (χ4v) is 1.43. The van der Waals surface area contributed by atoms with Crippen molar-refractivity contribution in [2.24, 2.45) is 5.90 Å². The zero-order valence-corrected chi connectivity index (χ0v) is 6.75.